The molecule has 34 heavy (non-hydrogen) atoms. The molecule has 2 amide bonds. The third kappa shape index (κ3) is 7.71. The van der Waals surface area contributed by atoms with Gasteiger partial charge in [-0.2, -0.15) is 0 Å². The van der Waals surface area contributed by atoms with Crippen LogP contribution in [0.4, 0.5) is 0 Å². The SMILES string of the molecule is CCCNC(=O)C(Cc1ccccc1)N(Cc1cccc(Br)c1)C(=O)CCc1ccccc1Cl. The number of nitrogens with zero attached hydrogens (tertiary/aromatic N) is 1. The highest BCUT2D eigenvalue weighted by Gasteiger charge is 2.30. The van der Waals surface area contributed by atoms with E-state index in [1.807, 2.05) is 85.8 Å². The number of hydrogen-bond acceptors (Lipinski definition) is 2. The van der Waals surface area contributed by atoms with Gasteiger partial charge in [-0.05, 0) is 47.7 Å². The maximum absolute atomic E-state index is 13.6. The average Bonchev–Trinajstić information content (AvgIpc) is 2.84. The molecule has 6 heteroatoms. The molecule has 3 rings (SSSR count). The first-order chi connectivity index (χ1) is 16.5. The monoisotopic (exact) mass is 540 g/mol. The van der Waals surface area contributed by atoms with Crippen LogP contribution in [0.15, 0.2) is 83.3 Å². The summed E-state index contributed by atoms with van der Waals surface area (Å²) in [6.07, 6.45) is 2.06. The Labute approximate surface area is 215 Å². The van der Waals surface area contributed by atoms with Gasteiger partial charge in [0.2, 0.25) is 11.8 Å². The van der Waals surface area contributed by atoms with E-state index in [0.717, 1.165) is 27.6 Å². The standard InChI is InChI=1S/C28H30BrClN2O2/c1-2-17-31-28(34)26(19-21-9-4-3-5-10-21)32(20-22-11-8-13-24(29)18-22)27(33)16-15-23-12-6-7-14-25(23)30/h3-14,18,26H,2,15-17,19-20H2,1H3,(H,31,34). The highest BCUT2D eigenvalue weighted by atomic mass is 79.9. The second-order valence-corrected chi connectivity index (χ2v) is 9.56. The molecule has 178 valence electrons. The van der Waals surface area contributed by atoms with Crippen LogP contribution < -0.4 is 5.32 Å². The van der Waals surface area contributed by atoms with Gasteiger partial charge in [-0.3, -0.25) is 9.59 Å². The maximum atomic E-state index is 13.6. The minimum Gasteiger partial charge on any atom is -0.354 e. The molecule has 0 saturated heterocycles. The summed E-state index contributed by atoms with van der Waals surface area (Å²) in [4.78, 5) is 28.6. The van der Waals surface area contributed by atoms with Crippen molar-refractivity contribution in [3.63, 3.8) is 0 Å². The van der Waals surface area contributed by atoms with Crippen molar-refractivity contribution in [3.8, 4) is 0 Å². The minimum atomic E-state index is -0.619. The Morgan fingerprint density at radius 2 is 1.68 bits per heavy atom. The predicted octanol–water partition coefficient (Wildman–Crippen LogP) is 6.20. The van der Waals surface area contributed by atoms with Crippen LogP contribution in [0.1, 0.15) is 36.5 Å². The highest BCUT2D eigenvalue weighted by Crippen LogP contribution is 2.21. The largest absolute Gasteiger partial charge is 0.354 e. The van der Waals surface area contributed by atoms with E-state index in [0.29, 0.717) is 31.0 Å². The van der Waals surface area contributed by atoms with Gasteiger partial charge in [-0.15, -0.1) is 0 Å². The molecule has 0 spiro atoms. The lowest BCUT2D eigenvalue weighted by atomic mass is 10.0. The van der Waals surface area contributed by atoms with Gasteiger partial charge in [-0.25, -0.2) is 0 Å². The van der Waals surface area contributed by atoms with Gasteiger partial charge in [0.1, 0.15) is 6.04 Å². The quantitative estimate of drug-likeness (QED) is 0.314. The summed E-state index contributed by atoms with van der Waals surface area (Å²) in [5, 5.41) is 3.65. The summed E-state index contributed by atoms with van der Waals surface area (Å²) in [6.45, 7) is 2.93. The van der Waals surface area contributed by atoms with E-state index in [1.165, 1.54) is 0 Å². The van der Waals surface area contributed by atoms with Gasteiger partial charge >= 0.3 is 0 Å². The number of halogens is 2. The molecule has 4 nitrogen and oxygen atoms in total. The van der Waals surface area contributed by atoms with Gasteiger partial charge in [0.05, 0.1) is 0 Å². The Morgan fingerprint density at radius 1 is 0.971 bits per heavy atom. The lowest BCUT2D eigenvalue weighted by molar-refractivity contribution is -0.141. The lowest BCUT2D eigenvalue weighted by Crippen LogP contribution is -2.50. The summed E-state index contributed by atoms with van der Waals surface area (Å²) in [7, 11) is 0. The molecule has 0 heterocycles. The summed E-state index contributed by atoms with van der Waals surface area (Å²) >= 11 is 9.83. The molecule has 0 bridgehead atoms. The Hall–Kier alpha value is -2.63. The molecule has 0 aliphatic rings. The zero-order valence-corrected chi connectivity index (χ0v) is 21.7. The number of rotatable bonds is 11. The van der Waals surface area contributed by atoms with Crippen molar-refractivity contribution < 1.29 is 9.59 Å². The Bertz CT molecular complexity index is 1090. The molecule has 0 aliphatic heterocycles. The molecular weight excluding hydrogens is 512 g/mol. The number of aryl methyl sites for hydroxylation is 1. The topological polar surface area (TPSA) is 49.4 Å². The number of carbonyl (C=O) groups is 2. The van der Waals surface area contributed by atoms with Crippen LogP contribution in [0.2, 0.25) is 5.02 Å². The summed E-state index contributed by atoms with van der Waals surface area (Å²) < 4.78 is 0.934. The maximum Gasteiger partial charge on any atom is 0.243 e. The van der Waals surface area contributed by atoms with Crippen LogP contribution in [-0.2, 0) is 29.0 Å². The highest BCUT2D eigenvalue weighted by molar-refractivity contribution is 9.10. The number of nitrogens with one attached hydrogen (secondary N) is 1. The van der Waals surface area contributed by atoms with E-state index >= 15 is 0 Å². The Morgan fingerprint density at radius 3 is 2.38 bits per heavy atom. The molecule has 0 saturated carbocycles. The molecule has 1 N–H and O–H groups in total. The molecule has 0 radical (unpaired) electrons. The van der Waals surface area contributed by atoms with E-state index in [4.69, 9.17) is 11.6 Å². The molecule has 0 aliphatic carbocycles. The van der Waals surface area contributed by atoms with Crippen LogP contribution in [-0.4, -0.2) is 29.3 Å². The van der Waals surface area contributed by atoms with Gasteiger partial charge in [0, 0.05) is 35.4 Å². The van der Waals surface area contributed by atoms with E-state index in [2.05, 4.69) is 21.2 Å². The number of hydrogen-bond donors (Lipinski definition) is 1. The van der Waals surface area contributed by atoms with Crippen molar-refractivity contribution in [1.82, 2.24) is 10.2 Å². The zero-order valence-electron chi connectivity index (χ0n) is 19.3. The molecule has 3 aromatic carbocycles. The minimum absolute atomic E-state index is 0.0764. The predicted molar refractivity (Wildman–Crippen MR) is 142 cm³/mol. The van der Waals surface area contributed by atoms with Crippen LogP contribution in [0.5, 0.6) is 0 Å². The summed E-state index contributed by atoms with van der Waals surface area (Å²) in [5.41, 5.74) is 2.90. The molecule has 0 fully saturated rings. The van der Waals surface area contributed by atoms with E-state index in [-0.39, 0.29) is 18.2 Å². The van der Waals surface area contributed by atoms with Gasteiger partial charge in [0.15, 0.2) is 0 Å². The van der Waals surface area contributed by atoms with E-state index in [9.17, 15) is 9.59 Å². The fourth-order valence-corrected chi connectivity index (χ4v) is 4.52. The molecule has 1 unspecified atom stereocenters. The smallest absolute Gasteiger partial charge is 0.243 e. The van der Waals surface area contributed by atoms with Crippen molar-refractivity contribution >= 4 is 39.3 Å². The third-order valence-corrected chi connectivity index (χ3v) is 6.49. The Balaban J connectivity index is 1.90. The van der Waals surface area contributed by atoms with Crippen LogP contribution in [0.25, 0.3) is 0 Å². The Kier molecular flexibility index (Phi) is 10.2. The fourth-order valence-electron chi connectivity index (χ4n) is 3.84. The average molecular weight is 542 g/mol. The first-order valence-electron chi connectivity index (χ1n) is 11.6. The van der Waals surface area contributed by atoms with E-state index in [1.54, 1.807) is 4.90 Å². The van der Waals surface area contributed by atoms with Crippen molar-refractivity contribution in [2.75, 3.05) is 6.54 Å². The number of carbonyl (C=O) groups excluding carboxylic acids is 2. The van der Waals surface area contributed by atoms with Crippen molar-refractivity contribution in [1.29, 1.82) is 0 Å². The lowest BCUT2D eigenvalue weighted by Gasteiger charge is -2.32. The van der Waals surface area contributed by atoms with Gasteiger partial charge in [0.25, 0.3) is 0 Å². The van der Waals surface area contributed by atoms with Gasteiger partial charge in [-0.1, -0.05) is 95.1 Å². The third-order valence-electron chi connectivity index (χ3n) is 5.63. The summed E-state index contributed by atoms with van der Waals surface area (Å²) in [6, 6.07) is 24.6. The van der Waals surface area contributed by atoms with Crippen molar-refractivity contribution in [3.05, 3.63) is 105 Å². The molecular formula is C28H30BrClN2O2. The summed E-state index contributed by atoms with van der Waals surface area (Å²) in [5.74, 6) is -0.209. The normalized spacial score (nSPS) is 11.6. The second kappa shape index (κ2) is 13.3. The fraction of sp³-hybridized carbons (Fsp3) is 0.286. The van der Waals surface area contributed by atoms with Crippen LogP contribution in [0, 0.1) is 0 Å². The van der Waals surface area contributed by atoms with Crippen LogP contribution in [0.3, 0.4) is 0 Å². The van der Waals surface area contributed by atoms with Crippen molar-refractivity contribution in [2.24, 2.45) is 0 Å². The number of benzene rings is 3. The first-order valence-corrected chi connectivity index (χ1v) is 12.7. The number of amides is 2. The molecule has 1 atom stereocenters. The van der Waals surface area contributed by atoms with Crippen molar-refractivity contribution in [2.45, 2.75) is 45.2 Å². The molecule has 3 aromatic rings. The van der Waals surface area contributed by atoms with E-state index < -0.39 is 6.04 Å². The van der Waals surface area contributed by atoms with Crippen LogP contribution >= 0.6 is 27.5 Å². The first kappa shape index (κ1) is 26.0. The van der Waals surface area contributed by atoms with Gasteiger partial charge < -0.3 is 10.2 Å². The zero-order chi connectivity index (χ0) is 24.3. The molecule has 0 aromatic heterocycles. The second-order valence-electron chi connectivity index (χ2n) is 8.24.